The normalized spacial score (nSPS) is 21.8. The lowest BCUT2D eigenvalue weighted by Gasteiger charge is -2.47. The number of aliphatic carboxylic acids is 1. The lowest BCUT2D eigenvalue weighted by molar-refractivity contribution is -0.144. The van der Waals surface area contributed by atoms with E-state index in [0.29, 0.717) is 80.0 Å². The van der Waals surface area contributed by atoms with Crippen molar-refractivity contribution in [2.24, 2.45) is 11.8 Å². The first-order valence-corrected chi connectivity index (χ1v) is 24.0. The third kappa shape index (κ3) is 10.2. The second-order valence-corrected chi connectivity index (χ2v) is 19.3. The topological polar surface area (TPSA) is 152 Å². The molecule has 0 radical (unpaired) electrons. The fourth-order valence-corrected chi connectivity index (χ4v) is 11.0. The monoisotopic (exact) mass is 911 g/mol. The maximum Gasteiger partial charge on any atom is 0.329 e. The van der Waals surface area contributed by atoms with Crippen LogP contribution in [0.3, 0.4) is 0 Å². The number of nitrogens with zero attached hydrogens (tertiary/aromatic N) is 2. The van der Waals surface area contributed by atoms with Gasteiger partial charge in [-0.2, -0.15) is 0 Å². The van der Waals surface area contributed by atoms with Crippen molar-refractivity contribution in [3.05, 3.63) is 136 Å². The highest BCUT2D eigenvalue weighted by atomic mass is 35.5. The summed E-state index contributed by atoms with van der Waals surface area (Å²) >= 11 is 6.33. The predicted molar refractivity (Wildman–Crippen MR) is 258 cm³/mol. The molecule has 3 aliphatic carbocycles. The minimum atomic E-state index is -1.12. The van der Waals surface area contributed by atoms with E-state index in [1.807, 2.05) is 67.7 Å². The molecule has 4 atom stereocenters. The summed E-state index contributed by atoms with van der Waals surface area (Å²) in [7, 11) is 1.58. The molecule has 0 bridgehead atoms. The van der Waals surface area contributed by atoms with Crippen molar-refractivity contribution < 1.29 is 29.0 Å². The number of hydrogen-bond acceptors (Lipinski definition) is 8. The lowest BCUT2D eigenvalue weighted by Crippen LogP contribution is -2.53. The van der Waals surface area contributed by atoms with E-state index in [4.69, 9.17) is 21.1 Å². The number of carbonyl (C=O) groups excluding carboxylic acids is 2. The lowest BCUT2D eigenvalue weighted by atomic mass is 9.59. The number of fused-ring (bicyclic) bond motifs is 3. The first kappa shape index (κ1) is 46.6. The van der Waals surface area contributed by atoms with Crippen LogP contribution in [-0.2, 0) is 27.8 Å². The van der Waals surface area contributed by atoms with E-state index in [2.05, 4.69) is 51.9 Å². The van der Waals surface area contributed by atoms with Gasteiger partial charge in [0.1, 0.15) is 22.7 Å². The number of aromatic nitrogens is 2. The van der Waals surface area contributed by atoms with Crippen molar-refractivity contribution in [2.45, 2.75) is 114 Å². The van der Waals surface area contributed by atoms with E-state index in [0.717, 1.165) is 66.0 Å². The minimum Gasteiger partial charge on any atom is -0.494 e. The molecule has 1 unspecified atom stereocenters. The first-order chi connectivity index (χ1) is 31.9. The number of carboxylic acids is 1. The Morgan fingerprint density at radius 2 is 1.74 bits per heavy atom. The number of halogens is 1. The van der Waals surface area contributed by atoms with E-state index >= 15 is 0 Å². The Morgan fingerprint density at radius 1 is 0.924 bits per heavy atom. The van der Waals surface area contributed by atoms with Gasteiger partial charge in [0.2, 0.25) is 5.91 Å². The van der Waals surface area contributed by atoms with Gasteiger partial charge in [0.25, 0.3) is 5.91 Å². The van der Waals surface area contributed by atoms with Gasteiger partial charge in [0.15, 0.2) is 0 Å². The number of ether oxygens (including phenoxy) is 2. The van der Waals surface area contributed by atoms with Gasteiger partial charge in [-0.1, -0.05) is 61.8 Å². The second kappa shape index (κ2) is 20.3. The molecule has 3 aromatic carbocycles. The molecule has 8 rings (SSSR count). The SMILES string of the molecule is CNC(=O)c1ccc(-c2cccc([C@@H](C)NC(=O)CCCOc3ccc4c(c3)C3(CCC(Nc5cccc(Cl)c5)(C(=O)O)CC3)C(C[C@@H](C)COc3ccnc5c3[C@H](C)CCC5)C4)c2)cn1. The van der Waals surface area contributed by atoms with Gasteiger partial charge in [-0.3, -0.25) is 19.6 Å². The number of amides is 2. The van der Waals surface area contributed by atoms with Crippen LogP contribution in [0.25, 0.3) is 11.1 Å². The molecule has 4 N–H and O–H groups in total. The molecular formula is C54H62ClN5O6. The number of hydrogen-bond donors (Lipinski definition) is 4. The molecule has 5 aromatic rings. The van der Waals surface area contributed by atoms with Gasteiger partial charge in [-0.05, 0) is 165 Å². The van der Waals surface area contributed by atoms with E-state index in [-0.39, 0.29) is 29.2 Å². The first-order valence-electron chi connectivity index (χ1n) is 23.6. The van der Waals surface area contributed by atoms with Crippen LogP contribution < -0.4 is 25.4 Å². The van der Waals surface area contributed by atoms with Crippen molar-refractivity contribution in [1.82, 2.24) is 20.6 Å². The largest absolute Gasteiger partial charge is 0.494 e. The van der Waals surface area contributed by atoms with Crippen LogP contribution in [0.5, 0.6) is 11.5 Å². The van der Waals surface area contributed by atoms with Gasteiger partial charge in [0.05, 0.1) is 19.3 Å². The third-order valence-corrected chi connectivity index (χ3v) is 14.6. The van der Waals surface area contributed by atoms with Gasteiger partial charge in [-0.15, -0.1) is 0 Å². The van der Waals surface area contributed by atoms with Crippen molar-refractivity contribution in [1.29, 1.82) is 0 Å². The number of nitrogens with one attached hydrogen (secondary N) is 3. The van der Waals surface area contributed by atoms with Crippen LogP contribution in [0.15, 0.2) is 97.3 Å². The molecule has 2 amide bonds. The summed E-state index contributed by atoms with van der Waals surface area (Å²) in [6, 6.07) is 27.0. The van der Waals surface area contributed by atoms with Crippen LogP contribution in [0, 0.1) is 11.8 Å². The highest BCUT2D eigenvalue weighted by Crippen LogP contribution is 2.57. The molecule has 0 saturated heterocycles. The number of pyridine rings is 2. The molecule has 1 saturated carbocycles. The molecule has 2 aromatic heterocycles. The molecule has 2 heterocycles. The Bertz CT molecular complexity index is 2540. The standard InChI is InChI=1S/C54H62ClN5O6/c1-34(33-66-48-20-25-57-46-14-5-9-35(2)50(46)48)27-41-29-39-16-18-44(31-45(39)53(41)21-23-54(24-22-53,52(63)64)60-43-13-7-12-42(55)30-43)65-26-8-15-49(61)59-36(3)37-10-6-11-38(28-37)40-17-19-47(58-32-40)51(62)56-4/h6-7,10-13,16-20,25,28,30-32,34-36,41,60H,5,8-9,14-15,21-24,26-27,29,33H2,1-4H3,(H,56,62)(H,59,61)(H,63,64)/t34-,35-,36-,41?,53?,54?/m1/s1. The van der Waals surface area contributed by atoms with Gasteiger partial charge in [-0.25, -0.2) is 4.79 Å². The van der Waals surface area contributed by atoms with Crippen LogP contribution in [0.2, 0.25) is 5.02 Å². The molecule has 1 fully saturated rings. The van der Waals surface area contributed by atoms with E-state index in [9.17, 15) is 19.5 Å². The second-order valence-electron chi connectivity index (χ2n) is 18.9. The highest BCUT2D eigenvalue weighted by Gasteiger charge is 2.54. The smallest absolute Gasteiger partial charge is 0.329 e. The molecule has 12 heteroatoms. The number of carbonyl (C=O) groups is 3. The van der Waals surface area contributed by atoms with E-state index in [1.54, 1.807) is 31.4 Å². The van der Waals surface area contributed by atoms with Crippen molar-refractivity contribution in [2.75, 3.05) is 25.6 Å². The summed E-state index contributed by atoms with van der Waals surface area (Å²) in [4.78, 5) is 47.2. The van der Waals surface area contributed by atoms with Crippen LogP contribution in [0.1, 0.15) is 129 Å². The zero-order valence-corrected chi connectivity index (χ0v) is 39.3. The van der Waals surface area contributed by atoms with Crippen molar-refractivity contribution >= 4 is 35.1 Å². The number of carboxylic acid groups (broad SMARTS) is 1. The molecule has 346 valence electrons. The number of anilines is 1. The Labute approximate surface area is 393 Å². The Kier molecular flexibility index (Phi) is 14.3. The van der Waals surface area contributed by atoms with Crippen molar-refractivity contribution in [3.8, 4) is 22.6 Å². The number of benzene rings is 3. The Hall–Kier alpha value is -5.94. The minimum absolute atomic E-state index is 0.0595. The van der Waals surface area contributed by atoms with Gasteiger partial charge >= 0.3 is 5.97 Å². The summed E-state index contributed by atoms with van der Waals surface area (Å²) in [6.07, 6.45) is 11.9. The van der Waals surface area contributed by atoms with Gasteiger partial charge in [0, 0.05) is 53.4 Å². The quantitative estimate of drug-likeness (QED) is 0.0668. The molecule has 0 aliphatic heterocycles. The number of rotatable bonds is 17. The van der Waals surface area contributed by atoms with Gasteiger partial charge < -0.3 is 30.5 Å². The predicted octanol–water partition coefficient (Wildman–Crippen LogP) is 10.7. The molecule has 66 heavy (non-hydrogen) atoms. The van der Waals surface area contributed by atoms with Crippen molar-refractivity contribution in [3.63, 3.8) is 0 Å². The van der Waals surface area contributed by atoms with Crippen LogP contribution >= 0.6 is 11.6 Å². The van der Waals surface area contributed by atoms with E-state index < -0.39 is 11.5 Å². The maximum atomic E-state index is 13.2. The summed E-state index contributed by atoms with van der Waals surface area (Å²) in [5.74, 6) is 1.56. The van der Waals surface area contributed by atoms with E-state index in [1.165, 1.54) is 16.7 Å². The Balaban J connectivity index is 0.921. The number of aryl methyl sites for hydroxylation is 1. The molecule has 11 nitrogen and oxygen atoms in total. The summed E-state index contributed by atoms with van der Waals surface area (Å²) in [6.45, 7) is 7.49. The van der Waals surface area contributed by atoms with Crippen LogP contribution in [-0.4, -0.2) is 58.7 Å². The molecule has 3 aliphatic rings. The fraction of sp³-hybridized carbons (Fsp3) is 0.426. The van der Waals surface area contributed by atoms with Crippen LogP contribution in [0.4, 0.5) is 5.69 Å². The molecule has 1 spiro atoms. The average molecular weight is 913 g/mol. The summed E-state index contributed by atoms with van der Waals surface area (Å²) < 4.78 is 13.0. The Morgan fingerprint density at radius 3 is 2.50 bits per heavy atom. The fourth-order valence-electron chi connectivity index (χ4n) is 10.8. The third-order valence-electron chi connectivity index (χ3n) is 14.4. The summed E-state index contributed by atoms with van der Waals surface area (Å²) in [5.41, 5.74) is 7.45. The zero-order chi connectivity index (χ0) is 46.4. The highest BCUT2D eigenvalue weighted by molar-refractivity contribution is 6.30. The zero-order valence-electron chi connectivity index (χ0n) is 38.5. The molecular weight excluding hydrogens is 850 g/mol. The maximum absolute atomic E-state index is 13.2. The summed E-state index contributed by atoms with van der Waals surface area (Å²) in [5, 5.41) is 20.4. The average Bonchev–Trinajstić information content (AvgIpc) is 3.60.